The molecule has 0 fully saturated rings. The first-order chi connectivity index (χ1) is 22.7. The van der Waals surface area contributed by atoms with Gasteiger partial charge in [0.15, 0.2) is 11.6 Å². The summed E-state index contributed by atoms with van der Waals surface area (Å²) < 4.78 is 2.17. The van der Waals surface area contributed by atoms with E-state index in [-0.39, 0.29) is 0 Å². The quantitative estimate of drug-likeness (QED) is 0.193. The third-order valence-electron chi connectivity index (χ3n) is 8.82. The van der Waals surface area contributed by atoms with Gasteiger partial charge >= 0.3 is 0 Å². The second kappa shape index (κ2) is 11.6. The molecule has 0 aliphatic carbocycles. The molecule has 0 amide bonds. The normalized spacial score (nSPS) is 11.3. The molecule has 8 rings (SSSR count). The zero-order valence-electron chi connectivity index (χ0n) is 25.9. The maximum atomic E-state index is 5.06. The van der Waals surface area contributed by atoms with Crippen LogP contribution in [0.15, 0.2) is 146 Å². The van der Waals surface area contributed by atoms with E-state index in [1.165, 1.54) is 33.4 Å². The van der Waals surface area contributed by atoms with Gasteiger partial charge in [-0.15, -0.1) is 0 Å². The van der Waals surface area contributed by atoms with E-state index in [9.17, 15) is 0 Å². The highest BCUT2D eigenvalue weighted by atomic mass is 15.2. The van der Waals surface area contributed by atoms with E-state index in [1.807, 2.05) is 60.7 Å². The zero-order valence-corrected chi connectivity index (χ0v) is 25.9. The lowest BCUT2D eigenvalue weighted by Crippen LogP contribution is -2.06. The first-order valence-corrected chi connectivity index (χ1v) is 15.8. The van der Waals surface area contributed by atoms with Crippen molar-refractivity contribution in [3.63, 3.8) is 0 Å². The van der Waals surface area contributed by atoms with Crippen LogP contribution in [0.4, 0.5) is 0 Å². The Hall–Kier alpha value is -5.87. The third kappa shape index (κ3) is 4.85. The van der Waals surface area contributed by atoms with E-state index < -0.39 is 0 Å². The fourth-order valence-corrected chi connectivity index (χ4v) is 6.45. The van der Waals surface area contributed by atoms with Gasteiger partial charge < -0.3 is 0 Å². The van der Waals surface area contributed by atoms with Gasteiger partial charge in [0.2, 0.25) is 5.95 Å². The highest BCUT2D eigenvalue weighted by Gasteiger charge is 2.18. The smallest absolute Gasteiger partial charge is 0.238 e. The topological polar surface area (TPSA) is 43.6 Å². The minimum Gasteiger partial charge on any atom is -0.278 e. The lowest BCUT2D eigenvalue weighted by atomic mass is 9.91. The lowest BCUT2D eigenvalue weighted by molar-refractivity contribution is 0.953. The number of para-hydroxylation sites is 1. The standard InChI is InChI=1S/C42H32N4/c1-3-29-14-10-11-19-34(29)36-26-32(23-22-28(36)2)33-24-25-39-37(27-33)35-20-12-13-21-38(35)46(39)42-44-40(30-15-6-4-7-16-30)43-41(45-42)31-17-8-5-9-18-31/h4-27H,3H2,1-2H3. The summed E-state index contributed by atoms with van der Waals surface area (Å²) in [6.07, 6.45) is 1.00. The summed E-state index contributed by atoms with van der Waals surface area (Å²) in [5.74, 6) is 1.89. The molecule has 46 heavy (non-hydrogen) atoms. The second-order valence-corrected chi connectivity index (χ2v) is 11.6. The molecule has 8 aromatic rings. The Morgan fingerprint density at radius 3 is 1.78 bits per heavy atom. The van der Waals surface area contributed by atoms with Crippen LogP contribution >= 0.6 is 0 Å². The summed E-state index contributed by atoms with van der Waals surface area (Å²) in [4.78, 5) is 15.0. The molecule has 0 spiro atoms. The summed E-state index contributed by atoms with van der Waals surface area (Å²) in [5, 5.41) is 2.32. The fourth-order valence-electron chi connectivity index (χ4n) is 6.45. The minimum absolute atomic E-state index is 0.598. The van der Waals surface area contributed by atoms with Gasteiger partial charge in [-0.1, -0.05) is 128 Å². The Bertz CT molecular complexity index is 2300. The van der Waals surface area contributed by atoms with Gasteiger partial charge in [0.05, 0.1) is 11.0 Å². The summed E-state index contributed by atoms with van der Waals surface area (Å²) >= 11 is 0. The third-order valence-corrected chi connectivity index (χ3v) is 8.82. The number of hydrogen-bond donors (Lipinski definition) is 0. The van der Waals surface area contributed by atoms with E-state index in [1.54, 1.807) is 0 Å². The number of benzene rings is 6. The molecule has 0 saturated heterocycles. The van der Waals surface area contributed by atoms with Gasteiger partial charge in [0, 0.05) is 21.9 Å². The van der Waals surface area contributed by atoms with Gasteiger partial charge in [-0.3, -0.25) is 4.57 Å². The van der Waals surface area contributed by atoms with Crippen molar-refractivity contribution < 1.29 is 0 Å². The molecule has 2 heterocycles. The monoisotopic (exact) mass is 592 g/mol. The summed E-state index contributed by atoms with van der Waals surface area (Å²) in [6.45, 7) is 4.42. The van der Waals surface area contributed by atoms with Crippen molar-refractivity contribution in [3.05, 3.63) is 157 Å². The largest absolute Gasteiger partial charge is 0.278 e. The lowest BCUT2D eigenvalue weighted by Gasteiger charge is -2.13. The molecule has 0 saturated carbocycles. The van der Waals surface area contributed by atoms with Crippen LogP contribution in [-0.2, 0) is 6.42 Å². The van der Waals surface area contributed by atoms with Crippen LogP contribution in [0.1, 0.15) is 18.1 Å². The number of aryl methyl sites for hydroxylation is 2. The number of aromatic nitrogens is 4. The van der Waals surface area contributed by atoms with Crippen LogP contribution in [0.5, 0.6) is 0 Å². The van der Waals surface area contributed by atoms with Crippen molar-refractivity contribution in [1.82, 2.24) is 19.5 Å². The van der Waals surface area contributed by atoms with Gasteiger partial charge in [-0.25, -0.2) is 4.98 Å². The highest BCUT2D eigenvalue weighted by molar-refractivity contribution is 6.10. The Kier molecular flexibility index (Phi) is 6.96. The Labute approximate surface area is 268 Å². The molecule has 4 nitrogen and oxygen atoms in total. The molecule has 0 aliphatic heterocycles. The summed E-state index contributed by atoms with van der Waals surface area (Å²) in [5.41, 5.74) is 11.6. The molecule has 6 aromatic carbocycles. The maximum absolute atomic E-state index is 5.06. The second-order valence-electron chi connectivity index (χ2n) is 11.6. The molecule has 0 atom stereocenters. The molecule has 0 N–H and O–H groups in total. The number of fused-ring (bicyclic) bond motifs is 3. The van der Waals surface area contributed by atoms with Gasteiger partial charge in [-0.2, -0.15) is 9.97 Å². The molecule has 0 radical (unpaired) electrons. The van der Waals surface area contributed by atoms with Crippen molar-refractivity contribution in [2.75, 3.05) is 0 Å². The molecular weight excluding hydrogens is 560 g/mol. The van der Waals surface area contributed by atoms with Gasteiger partial charge in [0.1, 0.15) is 0 Å². The molecule has 4 heteroatoms. The van der Waals surface area contributed by atoms with E-state index in [4.69, 9.17) is 15.0 Å². The zero-order chi connectivity index (χ0) is 31.0. The predicted molar refractivity (Wildman–Crippen MR) is 190 cm³/mol. The van der Waals surface area contributed by atoms with Crippen LogP contribution in [0, 0.1) is 6.92 Å². The SMILES string of the molecule is CCc1ccccc1-c1cc(-c2ccc3c(c2)c2ccccc2n3-c2nc(-c3ccccc3)nc(-c3ccccc3)n2)ccc1C. The summed E-state index contributed by atoms with van der Waals surface area (Å²) in [6, 6.07) is 51.0. The molecule has 0 unspecified atom stereocenters. The van der Waals surface area contributed by atoms with Crippen LogP contribution < -0.4 is 0 Å². The molecule has 0 bridgehead atoms. The first-order valence-electron chi connectivity index (χ1n) is 15.8. The Balaban J connectivity index is 1.33. The van der Waals surface area contributed by atoms with Crippen molar-refractivity contribution in [2.24, 2.45) is 0 Å². The van der Waals surface area contributed by atoms with Crippen LogP contribution in [0.3, 0.4) is 0 Å². The number of rotatable bonds is 6. The van der Waals surface area contributed by atoms with Crippen molar-refractivity contribution in [2.45, 2.75) is 20.3 Å². The van der Waals surface area contributed by atoms with E-state index in [0.29, 0.717) is 17.6 Å². The fraction of sp³-hybridized carbons (Fsp3) is 0.0714. The Morgan fingerprint density at radius 1 is 0.478 bits per heavy atom. The molecule has 0 aliphatic rings. The average molecular weight is 593 g/mol. The summed E-state index contributed by atoms with van der Waals surface area (Å²) in [7, 11) is 0. The van der Waals surface area contributed by atoms with Crippen LogP contribution in [-0.4, -0.2) is 19.5 Å². The van der Waals surface area contributed by atoms with Crippen molar-refractivity contribution in [3.8, 4) is 51.0 Å². The highest BCUT2D eigenvalue weighted by Crippen LogP contribution is 2.37. The number of nitrogens with zero attached hydrogens (tertiary/aromatic N) is 4. The maximum Gasteiger partial charge on any atom is 0.238 e. The van der Waals surface area contributed by atoms with Crippen molar-refractivity contribution >= 4 is 21.8 Å². The van der Waals surface area contributed by atoms with E-state index in [2.05, 4.69) is 103 Å². The minimum atomic E-state index is 0.598. The van der Waals surface area contributed by atoms with Crippen LogP contribution in [0.25, 0.3) is 72.8 Å². The van der Waals surface area contributed by atoms with Crippen LogP contribution in [0.2, 0.25) is 0 Å². The molecule has 220 valence electrons. The molecular formula is C42H32N4. The number of hydrogen-bond acceptors (Lipinski definition) is 3. The van der Waals surface area contributed by atoms with E-state index in [0.717, 1.165) is 39.4 Å². The van der Waals surface area contributed by atoms with Gasteiger partial charge in [-0.05, 0) is 71.0 Å². The predicted octanol–water partition coefficient (Wildman–Crippen LogP) is 10.5. The van der Waals surface area contributed by atoms with Crippen molar-refractivity contribution in [1.29, 1.82) is 0 Å². The van der Waals surface area contributed by atoms with E-state index >= 15 is 0 Å². The Morgan fingerprint density at radius 2 is 1.07 bits per heavy atom. The molecule has 2 aromatic heterocycles. The van der Waals surface area contributed by atoms with Gasteiger partial charge in [0.25, 0.3) is 0 Å². The first kappa shape index (κ1) is 27.7. The average Bonchev–Trinajstić information content (AvgIpc) is 3.46.